The van der Waals surface area contributed by atoms with Crippen LogP contribution in [0.1, 0.15) is 439 Å². The smallest absolute Gasteiger partial charge is 0.462 e. The van der Waals surface area contributed by atoms with Gasteiger partial charge in [-0.1, -0.05) is 387 Å². The summed E-state index contributed by atoms with van der Waals surface area (Å²) in [5.41, 5.74) is 0. The molecule has 0 spiro atoms. The predicted molar refractivity (Wildman–Crippen MR) is 409 cm³/mol. The molecule has 3 unspecified atom stereocenters. The largest absolute Gasteiger partial charge is 0.472 e. The van der Waals surface area contributed by atoms with E-state index in [-0.39, 0.29) is 25.7 Å². The first-order chi connectivity index (χ1) is 48.7. The Bertz CT molecular complexity index is 1760. The van der Waals surface area contributed by atoms with Crippen LogP contribution in [0.4, 0.5) is 0 Å². The molecule has 594 valence electrons. The molecule has 0 amide bonds. The second-order valence-electron chi connectivity index (χ2n) is 29.2. The van der Waals surface area contributed by atoms with Crippen molar-refractivity contribution in [2.45, 2.75) is 457 Å². The average Bonchev–Trinajstić information content (AvgIpc) is 1.01. The molecule has 100 heavy (non-hydrogen) atoms. The molecule has 0 aliphatic heterocycles. The van der Waals surface area contributed by atoms with E-state index in [0.29, 0.717) is 25.7 Å². The first-order valence-electron chi connectivity index (χ1n) is 42.3. The average molecular weight is 1470 g/mol. The minimum Gasteiger partial charge on any atom is -0.462 e. The van der Waals surface area contributed by atoms with E-state index in [1.165, 1.54) is 270 Å². The van der Waals surface area contributed by atoms with E-state index < -0.39 is 97.5 Å². The second-order valence-corrected chi connectivity index (χ2v) is 32.1. The van der Waals surface area contributed by atoms with Crippen LogP contribution in [0.5, 0.6) is 0 Å². The Labute approximate surface area is 613 Å². The van der Waals surface area contributed by atoms with Crippen LogP contribution in [0.25, 0.3) is 0 Å². The molecule has 0 radical (unpaired) electrons. The maximum atomic E-state index is 13.1. The number of phosphoric acid groups is 2. The van der Waals surface area contributed by atoms with Gasteiger partial charge in [0.1, 0.15) is 19.3 Å². The van der Waals surface area contributed by atoms with Crippen LogP contribution in [-0.2, 0) is 65.4 Å². The van der Waals surface area contributed by atoms with Gasteiger partial charge in [0.05, 0.1) is 26.4 Å². The fraction of sp³-hybridized carbons (Fsp3) is 0.951. The number of aliphatic hydroxyl groups excluding tert-OH is 1. The van der Waals surface area contributed by atoms with Crippen LogP contribution in [0.15, 0.2) is 0 Å². The number of rotatable bonds is 82. The number of phosphoric ester groups is 2. The van der Waals surface area contributed by atoms with E-state index in [2.05, 4.69) is 27.7 Å². The van der Waals surface area contributed by atoms with Gasteiger partial charge in [-0.05, 0) is 25.7 Å². The van der Waals surface area contributed by atoms with Crippen molar-refractivity contribution in [3.8, 4) is 0 Å². The highest BCUT2D eigenvalue weighted by Gasteiger charge is 2.30. The van der Waals surface area contributed by atoms with Gasteiger partial charge >= 0.3 is 39.5 Å². The first-order valence-corrected chi connectivity index (χ1v) is 45.3. The van der Waals surface area contributed by atoms with Crippen LogP contribution in [0.3, 0.4) is 0 Å². The van der Waals surface area contributed by atoms with E-state index in [0.717, 1.165) is 89.9 Å². The standard InChI is InChI=1S/C81H158O17P2/c1-5-9-13-17-21-25-29-33-37-41-45-49-53-57-61-65-78(83)91-71-76(97-80(85)67-63-59-55-51-47-43-39-35-31-27-23-19-15-11-7-3)73-95-99(87,88)93-69-75(82)70-94-100(89,90)96-74-77(98-81(86)68-64-60-56-52-48-44-40-36-32-28-24-20-16-12-8-4)72-92-79(84)66-62-58-54-50-46-42-38-34-30-26-22-18-14-10-6-2/h75-77,82H,5-74H2,1-4H3,(H,87,88)(H,89,90)/t75?,76-,77+. The molecule has 0 saturated carbocycles. The van der Waals surface area contributed by atoms with Gasteiger partial charge in [-0.2, -0.15) is 0 Å². The summed E-state index contributed by atoms with van der Waals surface area (Å²) in [6, 6.07) is 0. The Morgan fingerprint density at radius 2 is 0.400 bits per heavy atom. The van der Waals surface area contributed by atoms with Crippen molar-refractivity contribution in [3.05, 3.63) is 0 Å². The molecule has 5 atom stereocenters. The number of carbonyl (C=O) groups is 4. The van der Waals surface area contributed by atoms with Gasteiger partial charge in [-0.25, -0.2) is 9.13 Å². The van der Waals surface area contributed by atoms with Gasteiger partial charge in [0, 0.05) is 25.7 Å². The van der Waals surface area contributed by atoms with Crippen LogP contribution in [-0.4, -0.2) is 96.7 Å². The summed E-state index contributed by atoms with van der Waals surface area (Å²) >= 11 is 0. The molecular weight excluding hydrogens is 1310 g/mol. The Kier molecular flexibility index (Phi) is 73.8. The summed E-state index contributed by atoms with van der Waals surface area (Å²) in [5.74, 6) is -2.10. The molecule has 0 saturated heterocycles. The van der Waals surface area contributed by atoms with E-state index in [4.69, 9.17) is 37.0 Å². The van der Waals surface area contributed by atoms with Gasteiger partial charge in [0.25, 0.3) is 0 Å². The second kappa shape index (κ2) is 75.3. The zero-order chi connectivity index (χ0) is 73.2. The Morgan fingerprint density at radius 1 is 0.240 bits per heavy atom. The Morgan fingerprint density at radius 3 is 0.590 bits per heavy atom. The van der Waals surface area contributed by atoms with Gasteiger partial charge < -0.3 is 33.8 Å². The molecule has 3 N–H and O–H groups in total. The fourth-order valence-electron chi connectivity index (χ4n) is 12.6. The highest BCUT2D eigenvalue weighted by atomic mass is 31.2. The predicted octanol–water partition coefficient (Wildman–Crippen LogP) is 24.6. The lowest BCUT2D eigenvalue weighted by atomic mass is 10.0. The fourth-order valence-corrected chi connectivity index (χ4v) is 14.2. The number of hydrogen-bond acceptors (Lipinski definition) is 15. The summed E-state index contributed by atoms with van der Waals surface area (Å²) in [7, 11) is -9.92. The van der Waals surface area contributed by atoms with E-state index in [1.54, 1.807) is 0 Å². The van der Waals surface area contributed by atoms with Crippen molar-refractivity contribution in [3.63, 3.8) is 0 Å². The van der Waals surface area contributed by atoms with Gasteiger partial charge in [-0.3, -0.25) is 37.3 Å². The monoisotopic (exact) mass is 1470 g/mol. The number of aliphatic hydroxyl groups is 1. The number of carbonyl (C=O) groups excluding carboxylic acids is 4. The van der Waals surface area contributed by atoms with Crippen LogP contribution in [0.2, 0.25) is 0 Å². The highest BCUT2D eigenvalue weighted by molar-refractivity contribution is 7.47. The third kappa shape index (κ3) is 74.3. The van der Waals surface area contributed by atoms with Crippen molar-refractivity contribution in [2.24, 2.45) is 0 Å². The topological polar surface area (TPSA) is 237 Å². The van der Waals surface area contributed by atoms with Crippen LogP contribution in [0, 0.1) is 0 Å². The van der Waals surface area contributed by atoms with Crippen molar-refractivity contribution >= 4 is 39.5 Å². The quantitative estimate of drug-likeness (QED) is 0.0222. The summed E-state index contributed by atoms with van der Waals surface area (Å²) in [6.07, 6.45) is 67.7. The van der Waals surface area contributed by atoms with Crippen molar-refractivity contribution < 1.29 is 80.2 Å². The van der Waals surface area contributed by atoms with E-state index in [9.17, 15) is 43.2 Å². The lowest BCUT2D eigenvalue weighted by Crippen LogP contribution is -2.30. The lowest BCUT2D eigenvalue weighted by Gasteiger charge is -2.21. The Hall–Kier alpha value is -1.94. The lowest BCUT2D eigenvalue weighted by molar-refractivity contribution is -0.161. The molecule has 0 aliphatic rings. The SMILES string of the molecule is CCCCCCCCCCCCCCCCCC(=O)OC[C@H](COP(=O)(O)OCC(O)COP(=O)(O)OC[C@H](COC(=O)CCCCCCCCCCCCCCCCC)OC(=O)CCCCCCCCCCCCCCCCC)OC(=O)CCCCCCCCCCCCCCCCC. The third-order valence-corrected chi connectivity index (χ3v) is 21.0. The van der Waals surface area contributed by atoms with E-state index >= 15 is 0 Å². The van der Waals surface area contributed by atoms with Crippen LogP contribution >= 0.6 is 15.6 Å². The molecule has 0 heterocycles. The molecule has 19 heteroatoms. The van der Waals surface area contributed by atoms with Crippen molar-refractivity contribution in [1.29, 1.82) is 0 Å². The summed E-state index contributed by atoms with van der Waals surface area (Å²) in [4.78, 5) is 73.1. The molecule has 0 aromatic carbocycles. The molecule has 0 aromatic heterocycles. The maximum Gasteiger partial charge on any atom is 0.472 e. The zero-order valence-corrected chi connectivity index (χ0v) is 67.0. The molecular formula is C81H158O17P2. The van der Waals surface area contributed by atoms with Gasteiger partial charge in [0.15, 0.2) is 12.2 Å². The molecule has 0 aliphatic carbocycles. The minimum atomic E-state index is -4.96. The van der Waals surface area contributed by atoms with Gasteiger partial charge in [0.2, 0.25) is 0 Å². The first kappa shape index (κ1) is 98.1. The van der Waals surface area contributed by atoms with Crippen molar-refractivity contribution in [1.82, 2.24) is 0 Å². The van der Waals surface area contributed by atoms with Gasteiger partial charge in [-0.15, -0.1) is 0 Å². The van der Waals surface area contributed by atoms with Crippen molar-refractivity contribution in [2.75, 3.05) is 39.6 Å². The molecule has 0 fully saturated rings. The number of ether oxygens (including phenoxy) is 4. The minimum absolute atomic E-state index is 0.109. The zero-order valence-electron chi connectivity index (χ0n) is 65.2. The summed E-state index contributed by atoms with van der Waals surface area (Å²) in [5, 5.41) is 10.7. The third-order valence-electron chi connectivity index (χ3n) is 19.1. The molecule has 17 nitrogen and oxygen atoms in total. The highest BCUT2D eigenvalue weighted by Crippen LogP contribution is 2.45. The molecule has 0 aromatic rings. The normalized spacial score (nSPS) is 13.8. The summed E-state index contributed by atoms with van der Waals surface area (Å²) in [6.45, 7) is 5.05. The molecule has 0 rings (SSSR count). The number of unbranched alkanes of at least 4 members (excludes halogenated alkanes) is 56. The maximum absolute atomic E-state index is 13.1. The van der Waals surface area contributed by atoms with E-state index in [1.807, 2.05) is 0 Å². The number of esters is 4. The number of hydrogen-bond donors (Lipinski definition) is 3. The molecule has 0 bridgehead atoms. The summed E-state index contributed by atoms with van der Waals surface area (Å²) < 4.78 is 68.8. The Balaban J connectivity index is 5.27. The van der Waals surface area contributed by atoms with Crippen LogP contribution < -0.4 is 0 Å².